The summed E-state index contributed by atoms with van der Waals surface area (Å²) in [5.74, 6) is -2.44. The average molecular weight is 567 g/mol. The van der Waals surface area contributed by atoms with Gasteiger partial charge in [0.15, 0.2) is 0 Å². The highest BCUT2D eigenvalue weighted by atomic mass is 32.2. The zero-order valence-corrected chi connectivity index (χ0v) is 21.3. The first-order valence-electron chi connectivity index (χ1n) is 11.7. The minimum Gasteiger partial charge on any atom is -0.351 e. The van der Waals surface area contributed by atoms with E-state index >= 15 is 0 Å². The topological polar surface area (TPSA) is 92.3 Å². The molecule has 3 heterocycles. The second-order valence-electron chi connectivity index (χ2n) is 8.99. The molecule has 13 heteroatoms. The number of hydrogen-bond donors (Lipinski definition) is 1. The second kappa shape index (κ2) is 10.8. The van der Waals surface area contributed by atoms with Gasteiger partial charge in [-0.1, -0.05) is 6.08 Å². The molecule has 1 aliphatic rings. The highest BCUT2D eigenvalue weighted by Gasteiger charge is 2.47. The Hall–Kier alpha value is -3.71. The van der Waals surface area contributed by atoms with Crippen LogP contribution in [0.15, 0.2) is 72.4 Å². The molecule has 0 spiro atoms. The Balaban J connectivity index is 1.55. The molecule has 1 aliphatic heterocycles. The molecule has 7 nitrogen and oxygen atoms in total. The van der Waals surface area contributed by atoms with Gasteiger partial charge in [0.2, 0.25) is 15.9 Å². The summed E-state index contributed by atoms with van der Waals surface area (Å²) in [7, 11) is -4.20. The van der Waals surface area contributed by atoms with E-state index in [4.69, 9.17) is 0 Å². The maximum atomic E-state index is 14.5. The number of alkyl halides is 3. The fourth-order valence-electron chi connectivity index (χ4n) is 4.45. The summed E-state index contributed by atoms with van der Waals surface area (Å²) in [6.45, 7) is 5.01. The lowest BCUT2D eigenvalue weighted by molar-refractivity contribution is -0.141. The Bertz CT molecular complexity index is 1480. The largest absolute Gasteiger partial charge is 0.433 e. The van der Waals surface area contributed by atoms with E-state index in [2.05, 4.69) is 21.9 Å². The van der Waals surface area contributed by atoms with Gasteiger partial charge in [-0.05, 0) is 61.7 Å². The highest BCUT2D eigenvalue weighted by molar-refractivity contribution is 7.89. The molecule has 3 atom stereocenters. The van der Waals surface area contributed by atoms with Gasteiger partial charge < -0.3 is 5.32 Å². The number of halogens is 5. The van der Waals surface area contributed by atoms with Gasteiger partial charge in [0.1, 0.15) is 23.4 Å². The Morgan fingerprint density at radius 1 is 1.13 bits per heavy atom. The molecule has 4 rings (SSSR count). The van der Waals surface area contributed by atoms with Gasteiger partial charge in [0.25, 0.3) is 0 Å². The normalized spacial score (nSPS) is 20.1. The first-order valence-corrected chi connectivity index (χ1v) is 13.1. The van der Waals surface area contributed by atoms with Crippen molar-refractivity contribution in [3.05, 3.63) is 90.4 Å². The first-order chi connectivity index (χ1) is 18.3. The molecule has 0 aliphatic carbocycles. The first kappa shape index (κ1) is 28.3. The summed E-state index contributed by atoms with van der Waals surface area (Å²) in [6, 6.07) is 5.62. The van der Waals surface area contributed by atoms with Crippen molar-refractivity contribution in [1.82, 2.24) is 19.6 Å². The average Bonchev–Trinajstić information content (AvgIpc) is 3.25. The van der Waals surface area contributed by atoms with Gasteiger partial charge in [-0.25, -0.2) is 17.2 Å². The van der Waals surface area contributed by atoms with Crippen molar-refractivity contribution in [2.45, 2.75) is 43.0 Å². The molecule has 3 aromatic rings. The fraction of sp³-hybridized carbons (Fsp3) is 0.269. The Labute approximate surface area is 221 Å². The number of hydrogen-bond acceptors (Lipinski definition) is 5. The predicted molar refractivity (Wildman–Crippen MR) is 131 cm³/mol. The Kier molecular flexibility index (Phi) is 7.84. The number of nitrogens with one attached hydrogen (secondary N) is 1. The van der Waals surface area contributed by atoms with E-state index in [-0.39, 0.29) is 40.6 Å². The minimum absolute atomic E-state index is 0.0208. The van der Waals surface area contributed by atoms with Gasteiger partial charge in [0, 0.05) is 29.9 Å². The molecule has 1 saturated heterocycles. The summed E-state index contributed by atoms with van der Waals surface area (Å²) in [5, 5.41) is 2.55. The smallest absolute Gasteiger partial charge is 0.351 e. The van der Waals surface area contributed by atoms with Crippen molar-refractivity contribution >= 4 is 15.9 Å². The molecule has 0 saturated carbocycles. The van der Waals surface area contributed by atoms with Crippen molar-refractivity contribution in [2.75, 3.05) is 0 Å². The van der Waals surface area contributed by atoms with Crippen molar-refractivity contribution < 1.29 is 35.2 Å². The summed E-state index contributed by atoms with van der Waals surface area (Å²) < 4.78 is 94.1. The number of rotatable bonds is 7. The fourth-order valence-corrected chi connectivity index (χ4v) is 6.28. The quantitative estimate of drug-likeness (QED) is 0.331. The van der Waals surface area contributed by atoms with Crippen molar-refractivity contribution in [1.29, 1.82) is 0 Å². The third-order valence-corrected chi connectivity index (χ3v) is 8.57. The van der Waals surface area contributed by atoms with Crippen LogP contribution in [0.5, 0.6) is 0 Å². The number of carbonyl (C=O) groups excluding carboxylic acids is 1. The summed E-state index contributed by atoms with van der Waals surface area (Å²) in [6.07, 6.45) is -1.12. The summed E-state index contributed by atoms with van der Waals surface area (Å²) in [4.78, 5) is 20.3. The monoisotopic (exact) mass is 566 g/mol. The Morgan fingerprint density at radius 2 is 1.82 bits per heavy atom. The van der Waals surface area contributed by atoms with Crippen molar-refractivity contribution in [3.63, 3.8) is 0 Å². The Morgan fingerprint density at radius 3 is 2.41 bits per heavy atom. The van der Waals surface area contributed by atoms with Gasteiger partial charge >= 0.3 is 6.18 Å². The van der Waals surface area contributed by atoms with Crippen LogP contribution in [0.4, 0.5) is 22.0 Å². The SMILES string of the molecule is C=C[C@@H]1C[C@@H](C(=O)NCc2cc(-c3ccc(C(F)(F)F)nc3)ncc2F)N(S(=O)(=O)c2ccc(F)cc2)[C@H]1C. The second-order valence-corrected chi connectivity index (χ2v) is 10.8. The molecule has 1 fully saturated rings. The van der Waals surface area contributed by atoms with Crippen molar-refractivity contribution in [2.24, 2.45) is 5.92 Å². The zero-order chi connectivity index (χ0) is 28.5. The number of nitrogens with zero attached hydrogens (tertiary/aromatic N) is 3. The van der Waals surface area contributed by atoms with Gasteiger partial charge in [0.05, 0.1) is 16.8 Å². The summed E-state index contributed by atoms with van der Waals surface area (Å²) >= 11 is 0. The lowest BCUT2D eigenvalue weighted by Crippen LogP contribution is -2.48. The standard InChI is InChI=1S/C26H23F5N4O3S/c1-3-16-11-23(35(15(16)2)39(37,38)20-7-5-19(27)6-8-20)25(36)34-13-18-10-22(32-14-21(18)28)17-4-9-24(33-12-17)26(29,30)31/h3-10,12,14-16,23H,1,11,13H2,2H3,(H,34,36)/t15-,16+,23-/m0/s1. The highest BCUT2D eigenvalue weighted by Crippen LogP contribution is 2.36. The molecule has 0 unspecified atom stereocenters. The molecular formula is C26H23F5N4O3S. The van der Waals surface area contributed by atoms with Gasteiger partial charge in [-0.3, -0.25) is 14.8 Å². The lowest BCUT2D eigenvalue weighted by Gasteiger charge is -2.27. The molecular weight excluding hydrogens is 543 g/mol. The van der Waals surface area contributed by atoms with Crippen LogP contribution in [0.1, 0.15) is 24.6 Å². The van der Waals surface area contributed by atoms with Crippen LogP contribution in [-0.4, -0.2) is 40.7 Å². The molecule has 0 radical (unpaired) electrons. The van der Waals surface area contributed by atoms with E-state index in [1.807, 2.05) is 0 Å². The van der Waals surface area contributed by atoms with E-state index in [9.17, 15) is 35.2 Å². The third-order valence-electron chi connectivity index (χ3n) is 6.56. The van der Waals surface area contributed by atoms with E-state index in [0.717, 1.165) is 53.1 Å². The van der Waals surface area contributed by atoms with Crippen molar-refractivity contribution in [3.8, 4) is 11.3 Å². The molecule has 206 valence electrons. The zero-order valence-electron chi connectivity index (χ0n) is 20.5. The number of amides is 1. The van der Waals surface area contributed by atoms with Crippen LogP contribution in [-0.2, 0) is 27.5 Å². The van der Waals surface area contributed by atoms with Gasteiger partial charge in [-0.2, -0.15) is 17.5 Å². The number of carbonyl (C=O) groups is 1. The molecule has 39 heavy (non-hydrogen) atoms. The van der Waals surface area contributed by atoms with Crippen LogP contribution in [0.2, 0.25) is 0 Å². The lowest BCUT2D eigenvalue weighted by atomic mass is 10.0. The van der Waals surface area contributed by atoms with E-state index in [1.54, 1.807) is 13.0 Å². The number of aromatic nitrogens is 2. The maximum absolute atomic E-state index is 14.5. The molecule has 0 bridgehead atoms. The van der Waals surface area contributed by atoms with Crippen LogP contribution in [0.25, 0.3) is 11.3 Å². The predicted octanol–water partition coefficient (Wildman–Crippen LogP) is 4.71. The molecule has 1 aromatic carbocycles. The van der Waals surface area contributed by atoms with Crippen LogP contribution >= 0.6 is 0 Å². The number of pyridine rings is 2. The molecule has 1 N–H and O–H groups in total. The molecule has 1 amide bonds. The maximum Gasteiger partial charge on any atom is 0.433 e. The van der Waals surface area contributed by atoms with E-state index < -0.39 is 51.5 Å². The minimum atomic E-state index is -4.62. The van der Waals surface area contributed by atoms with Crippen LogP contribution < -0.4 is 5.32 Å². The third kappa shape index (κ3) is 5.83. The number of benzene rings is 1. The van der Waals surface area contributed by atoms with Crippen LogP contribution in [0, 0.1) is 17.6 Å². The van der Waals surface area contributed by atoms with Gasteiger partial charge in [-0.15, -0.1) is 6.58 Å². The molecule has 2 aromatic heterocycles. The van der Waals surface area contributed by atoms with Crippen LogP contribution in [0.3, 0.4) is 0 Å². The van der Waals surface area contributed by atoms with E-state index in [0.29, 0.717) is 0 Å². The summed E-state index contributed by atoms with van der Waals surface area (Å²) in [5.41, 5.74) is -0.786. The van der Waals surface area contributed by atoms with E-state index in [1.165, 1.54) is 6.07 Å². The number of sulfonamides is 1.